The highest BCUT2D eigenvalue weighted by atomic mass is 16.2. The smallest absolute Gasteiger partial charge is 0.227 e. The Balaban J connectivity index is 0.000000192. The number of carbonyl (C=O) groups excluding carboxylic acids is 3. The first-order valence-electron chi connectivity index (χ1n) is 17.1. The summed E-state index contributed by atoms with van der Waals surface area (Å²) in [7, 11) is 0. The molecule has 2 N–H and O–H groups in total. The van der Waals surface area contributed by atoms with Crippen LogP contribution in [-0.4, -0.2) is 24.1 Å². The second-order valence-corrected chi connectivity index (χ2v) is 12.3. The zero-order valence-corrected chi connectivity index (χ0v) is 28.2. The molecule has 0 fully saturated rings. The summed E-state index contributed by atoms with van der Waals surface area (Å²) in [6, 6.07) is 31.7. The van der Waals surface area contributed by atoms with Gasteiger partial charge in [0.2, 0.25) is 11.8 Å². The molecule has 2 aliphatic heterocycles. The Morgan fingerprint density at radius 1 is 0.531 bits per heavy atom. The van der Waals surface area contributed by atoms with Crippen LogP contribution >= 0.6 is 0 Å². The standard InChI is InChI=1S/C23H23NO2.C20H20N2O/c1-18(25)9-3-2-4-14-23(26)24-17-21-12-6-5-10-19(21)15-16-20-11-7-8-13-22(20)24;21-14-6-5-11-20(23)22-15-18-9-2-1-7-16(18)12-13-17-8-3-4-10-19(17)22/h5-8,10-13H,2-4,9,14,17H2,1H3;1-4,7-10H,5-6,11,14-15,21H2. The minimum absolute atomic E-state index is 0.110. The molecule has 0 saturated carbocycles. The zero-order valence-electron chi connectivity index (χ0n) is 28.2. The van der Waals surface area contributed by atoms with Crippen LogP contribution in [0.15, 0.2) is 97.1 Å². The molecule has 0 saturated heterocycles. The van der Waals surface area contributed by atoms with E-state index in [1.54, 1.807) is 6.92 Å². The molecule has 248 valence electrons. The van der Waals surface area contributed by atoms with Gasteiger partial charge in [0.1, 0.15) is 5.78 Å². The van der Waals surface area contributed by atoms with Crippen LogP contribution in [0.1, 0.15) is 91.7 Å². The van der Waals surface area contributed by atoms with Crippen LogP contribution in [0.25, 0.3) is 0 Å². The van der Waals surface area contributed by atoms with Gasteiger partial charge in [0.05, 0.1) is 24.5 Å². The fourth-order valence-electron chi connectivity index (χ4n) is 5.93. The van der Waals surface area contributed by atoms with Gasteiger partial charge in [0, 0.05) is 41.5 Å². The molecular formula is C43H43N3O3. The van der Waals surface area contributed by atoms with E-state index in [-0.39, 0.29) is 17.6 Å². The molecule has 6 heteroatoms. The minimum atomic E-state index is 0.110. The summed E-state index contributed by atoms with van der Waals surface area (Å²) < 4.78 is 0. The van der Waals surface area contributed by atoms with Crippen LogP contribution in [0.5, 0.6) is 0 Å². The topological polar surface area (TPSA) is 83.7 Å². The van der Waals surface area contributed by atoms with E-state index in [0.717, 1.165) is 76.9 Å². The molecule has 2 heterocycles. The Morgan fingerprint density at radius 3 is 1.39 bits per heavy atom. The van der Waals surface area contributed by atoms with Crippen LogP contribution in [0, 0.1) is 23.7 Å². The highest BCUT2D eigenvalue weighted by molar-refractivity contribution is 5.96. The SMILES string of the molecule is CC(=O)CCCCCC(=O)N1Cc2ccccc2C#Cc2ccccc21.NCCCCC(=O)N1Cc2ccccc2C#Cc2ccccc21. The van der Waals surface area contributed by atoms with Gasteiger partial charge in [0.15, 0.2) is 0 Å². The van der Waals surface area contributed by atoms with E-state index in [1.165, 1.54) is 0 Å². The summed E-state index contributed by atoms with van der Waals surface area (Å²) in [4.78, 5) is 40.4. The fraction of sp³-hybridized carbons (Fsp3) is 0.279. The van der Waals surface area contributed by atoms with Gasteiger partial charge in [-0.3, -0.25) is 9.59 Å². The Morgan fingerprint density at radius 2 is 0.918 bits per heavy atom. The Bertz CT molecular complexity index is 1920. The maximum absolute atomic E-state index is 12.9. The number of benzene rings is 4. The van der Waals surface area contributed by atoms with Crippen molar-refractivity contribution in [1.82, 2.24) is 0 Å². The normalized spacial score (nSPS) is 12.2. The van der Waals surface area contributed by atoms with E-state index in [0.29, 0.717) is 38.9 Å². The second-order valence-electron chi connectivity index (χ2n) is 12.3. The van der Waals surface area contributed by atoms with Gasteiger partial charge in [-0.15, -0.1) is 0 Å². The summed E-state index contributed by atoms with van der Waals surface area (Å²) in [6.07, 6.45) is 5.86. The summed E-state index contributed by atoms with van der Waals surface area (Å²) >= 11 is 0. The summed E-state index contributed by atoms with van der Waals surface area (Å²) in [5.74, 6) is 13.3. The molecule has 0 unspecified atom stereocenters. The lowest BCUT2D eigenvalue weighted by Crippen LogP contribution is -2.31. The predicted octanol–water partition coefficient (Wildman–Crippen LogP) is 7.53. The first-order valence-corrected chi connectivity index (χ1v) is 17.1. The minimum Gasteiger partial charge on any atom is -0.330 e. The molecule has 2 aliphatic rings. The highest BCUT2D eigenvalue weighted by Crippen LogP contribution is 2.28. The van der Waals surface area contributed by atoms with E-state index in [9.17, 15) is 14.4 Å². The number of hydrogen-bond donors (Lipinski definition) is 1. The third-order valence-electron chi connectivity index (χ3n) is 8.61. The van der Waals surface area contributed by atoms with Crippen LogP contribution in [0.3, 0.4) is 0 Å². The van der Waals surface area contributed by atoms with Gasteiger partial charge in [-0.05, 0) is 86.7 Å². The van der Waals surface area contributed by atoms with Crippen molar-refractivity contribution in [2.24, 2.45) is 5.73 Å². The average Bonchev–Trinajstić information content (AvgIpc) is 3.10. The van der Waals surface area contributed by atoms with E-state index in [4.69, 9.17) is 5.73 Å². The Labute approximate surface area is 290 Å². The summed E-state index contributed by atoms with van der Waals surface area (Å²) in [6.45, 7) is 3.33. The molecule has 0 bridgehead atoms. The van der Waals surface area contributed by atoms with Crippen molar-refractivity contribution in [3.8, 4) is 23.7 Å². The van der Waals surface area contributed by atoms with Gasteiger partial charge in [-0.1, -0.05) is 90.8 Å². The maximum Gasteiger partial charge on any atom is 0.227 e. The number of anilines is 2. The number of nitrogens with two attached hydrogens (primary N) is 1. The van der Waals surface area contributed by atoms with Gasteiger partial charge in [0.25, 0.3) is 0 Å². The molecule has 2 amide bonds. The maximum atomic E-state index is 12.9. The van der Waals surface area contributed by atoms with Crippen LogP contribution in [0.2, 0.25) is 0 Å². The number of hydrogen-bond acceptors (Lipinski definition) is 4. The van der Waals surface area contributed by atoms with Gasteiger partial charge < -0.3 is 20.3 Å². The van der Waals surface area contributed by atoms with Crippen LogP contribution in [0.4, 0.5) is 11.4 Å². The number of amides is 2. The molecule has 6 nitrogen and oxygen atoms in total. The van der Waals surface area contributed by atoms with E-state index >= 15 is 0 Å². The number of para-hydroxylation sites is 2. The lowest BCUT2D eigenvalue weighted by molar-refractivity contribution is -0.119. The molecule has 0 spiro atoms. The largest absolute Gasteiger partial charge is 0.330 e. The van der Waals surface area contributed by atoms with Gasteiger partial charge >= 0.3 is 0 Å². The molecule has 4 aromatic carbocycles. The third-order valence-corrected chi connectivity index (χ3v) is 8.61. The lowest BCUT2D eigenvalue weighted by atomic mass is 10.0. The molecule has 0 aromatic heterocycles. The van der Waals surface area contributed by atoms with Gasteiger partial charge in [-0.25, -0.2) is 0 Å². The number of rotatable bonds is 10. The Hall–Kier alpha value is -5.43. The first-order chi connectivity index (χ1) is 23.9. The zero-order chi connectivity index (χ0) is 34.4. The third kappa shape index (κ3) is 9.57. The number of Topliss-reactive ketones (excluding diaryl/α,β-unsaturated/α-hetero) is 1. The van der Waals surface area contributed by atoms with Crippen molar-refractivity contribution >= 4 is 29.0 Å². The van der Waals surface area contributed by atoms with Crippen molar-refractivity contribution in [3.05, 3.63) is 130 Å². The predicted molar refractivity (Wildman–Crippen MR) is 197 cm³/mol. The molecule has 49 heavy (non-hydrogen) atoms. The Kier molecular flexibility index (Phi) is 12.6. The van der Waals surface area contributed by atoms with Crippen LogP contribution < -0.4 is 15.5 Å². The summed E-state index contributed by atoms with van der Waals surface area (Å²) in [5, 5.41) is 0. The van der Waals surface area contributed by atoms with Crippen molar-refractivity contribution in [1.29, 1.82) is 0 Å². The van der Waals surface area contributed by atoms with E-state index < -0.39 is 0 Å². The molecule has 4 aromatic rings. The molecule has 0 aliphatic carbocycles. The second kappa shape index (κ2) is 17.6. The average molecular weight is 650 g/mol. The molecule has 6 rings (SSSR count). The van der Waals surface area contributed by atoms with E-state index in [2.05, 4.69) is 23.7 Å². The van der Waals surface area contributed by atoms with Crippen LogP contribution in [-0.2, 0) is 27.5 Å². The molecule has 0 radical (unpaired) electrons. The fourth-order valence-corrected chi connectivity index (χ4v) is 5.93. The number of fused-ring (bicyclic) bond motifs is 4. The monoisotopic (exact) mass is 649 g/mol. The first kappa shape index (κ1) is 34.9. The quantitative estimate of drug-likeness (QED) is 0.142. The number of unbranched alkanes of at least 4 members (excludes halogenated alkanes) is 3. The number of carbonyl (C=O) groups is 3. The highest BCUT2D eigenvalue weighted by Gasteiger charge is 2.22. The van der Waals surface area contributed by atoms with Crippen molar-refractivity contribution in [2.45, 2.75) is 71.4 Å². The van der Waals surface area contributed by atoms with Crippen molar-refractivity contribution in [2.75, 3.05) is 16.3 Å². The number of nitrogens with zero attached hydrogens (tertiary/aromatic N) is 2. The summed E-state index contributed by atoms with van der Waals surface area (Å²) in [5.41, 5.74) is 13.2. The van der Waals surface area contributed by atoms with Crippen molar-refractivity contribution in [3.63, 3.8) is 0 Å². The molecule has 0 atom stereocenters. The number of ketones is 1. The van der Waals surface area contributed by atoms with E-state index in [1.807, 2.05) is 107 Å². The van der Waals surface area contributed by atoms with Gasteiger partial charge in [-0.2, -0.15) is 0 Å². The van der Waals surface area contributed by atoms with Crippen molar-refractivity contribution < 1.29 is 14.4 Å². The molecular weight excluding hydrogens is 606 g/mol. The lowest BCUT2D eigenvalue weighted by Gasteiger charge is -2.26.